The minimum atomic E-state index is -0.00593. The van der Waals surface area contributed by atoms with Crippen LogP contribution in [0, 0.1) is 5.41 Å². The zero-order valence-corrected chi connectivity index (χ0v) is 10.3. The number of hydrogen-bond donors (Lipinski definition) is 2. The van der Waals surface area contributed by atoms with Crippen LogP contribution in [0.1, 0.15) is 25.3 Å². The van der Waals surface area contributed by atoms with Gasteiger partial charge in [0.25, 0.3) is 0 Å². The molecule has 1 rings (SSSR count). The second-order valence-corrected chi connectivity index (χ2v) is 4.45. The van der Waals surface area contributed by atoms with Gasteiger partial charge in [0.05, 0.1) is 11.8 Å². The molecule has 0 aliphatic heterocycles. The summed E-state index contributed by atoms with van der Waals surface area (Å²) in [5.41, 5.74) is 6.79. The van der Waals surface area contributed by atoms with E-state index in [4.69, 9.17) is 11.1 Å². The molecule has 3 nitrogen and oxygen atoms in total. The van der Waals surface area contributed by atoms with E-state index < -0.39 is 0 Å². The lowest BCUT2D eigenvalue weighted by molar-refractivity contribution is 0.271. The standard InChI is InChI=1S/C13H21N3/c1-10(2)16(3)9-12(13(14)15)11-7-5-4-6-8-11/h4-8,10,12H,9H2,1-3H3,(H3,14,15). The van der Waals surface area contributed by atoms with E-state index in [1.807, 2.05) is 30.3 Å². The minimum Gasteiger partial charge on any atom is -0.387 e. The van der Waals surface area contributed by atoms with Gasteiger partial charge in [-0.1, -0.05) is 30.3 Å². The minimum absolute atomic E-state index is 0.00593. The first-order chi connectivity index (χ1) is 7.52. The van der Waals surface area contributed by atoms with Gasteiger partial charge < -0.3 is 10.6 Å². The van der Waals surface area contributed by atoms with Crippen molar-refractivity contribution < 1.29 is 0 Å². The highest BCUT2D eigenvalue weighted by Crippen LogP contribution is 2.17. The quantitative estimate of drug-likeness (QED) is 0.588. The first-order valence-corrected chi connectivity index (χ1v) is 5.61. The van der Waals surface area contributed by atoms with Gasteiger partial charge in [0.15, 0.2) is 0 Å². The van der Waals surface area contributed by atoms with Gasteiger partial charge in [-0.25, -0.2) is 0 Å². The van der Waals surface area contributed by atoms with Gasteiger partial charge in [-0.05, 0) is 26.5 Å². The molecule has 0 aliphatic carbocycles. The Bertz CT molecular complexity index is 332. The van der Waals surface area contributed by atoms with Crippen molar-refractivity contribution in [3.05, 3.63) is 35.9 Å². The summed E-state index contributed by atoms with van der Waals surface area (Å²) >= 11 is 0. The monoisotopic (exact) mass is 219 g/mol. The average Bonchev–Trinajstić information content (AvgIpc) is 2.26. The van der Waals surface area contributed by atoms with Crippen molar-refractivity contribution in [1.82, 2.24) is 4.90 Å². The molecule has 0 bridgehead atoms. The maximum absolute atomic E-state index is 7.67. The Morgan fingerprint density at radius 3 is 2.31 bits per heavy atom. The zero-order valence-electron chi connectivity index (χ0n) is 10.3. The van der Waals surface area contributed by atoms with Gasteiger partial charge in [0.2, 0.25) is 0 Å². The smallest absolute Gasteiger partial charge is 0.0995 e. The molecule has 88 valence electrons. The van der Waals surface area contributed by atoms with E-state index in [9.17, 15) is 0 Å². The molecule has 0 aliphatic rings. The molecule has 1 unspecified atom stereocenters. The summed E-state index contributed by atoms with van der Waals surface area (Å²) in [4.78, 5) is 2.21. The molecule has 3 heteroatoms. The average molecular weight is 219 g/mol. The highest BCUT2D eigenvalue weighted by molar-refractivity contribution is 5.84. The van der Waals surface area contributed by atoms with Crippen LogP contribution in [0.15, 0.2) is 30.3 Å². The first kappa shape index (κ1) is 12.7. The highest BCUT2D eigenvalue weighted by atomic mass is 15.1. The lowest BCUT2D eigenvalue weighted by Crippen LogP contribution is -2.35. The fourth-order valence-corrected chi connectivity index (χ4v) is 1.57. The normalized spacial score (nSPS) is 13.1. The molecule has 0 fully saturated rings. The van der Waals surface area contributed by atoms with Crippen molar-refractivity contribution in [1.29, 1.82) is 5.41 Å². The summed E-state index contributed by atoms with van der Waals surface area (Å²) < 4.78 is 0. The zero-order chi connectivity index (χ0) is 12.1. The summed E-state index contributed by atoms with van der Waals surface area (Å²) in [6.07, 6.45) is 0. The van der Waals surface area contributed by atoms with Gasteiger partial charge in [0.1, 0.15) is 0 Å². The molecule has 0 saturated heterocycles. The van der Waals surface area contributed by atoms with Crippen molar-refractivity contribution in [2.45, 2.75) is 25.8 Å². The molecular formula is C13H21N3. The number of likely N-dealkylation sites (N-methyl/N-ethyl adjacent to an activating group) is 1. The maximum Gasteiger partial charge on any atom is 0.0995 e. The number of rotatable bonds is 5. The fraction of sp³-hybridized carbons (Fsp3) is 0.462. The number of nitrogens with zero attached hydrogens (tertiary/aromatic N) is 1. The van der Waals surface area contributed by atoms with Crippen LogP contribution in [0.25, 0.3) is 0 Å². The van der Waals surface area contributed by atoms with Gasteiger partial charge in [-0.15, -0.1) is 0 Å². The Labute approximate surface area is 97.8 Å². The molecule has 1 aromatic rings. The van der Waals surface area contributed by atoms with Crippen molar-refractivity contribution in [3.63, 3.8) is 0 Å². The van der Waals surface area contributed by atoms with Crippen molar-refractivity contribution in [2.75, 3.05) is 13.6 Å². The molecule has 0 saturated carbocycles. The van der Waals surface area contributed by atoms with E-state index in [1.165, 1.54) is 0 Å². The molecule has 16 heavy (non-hydrogen) atoms. The third-order valence-corrected chi connectivity index (χ3v) is 2.93. The fourth-order valence-electron chi connectivity index (χ4n) is 1.57. The lowest BCUT2D eigenvalue weighted by atomic mass is 9.97. The first-order valence-electron chi connectivity index (χ1n) is 5.61. The van der Waals surface area contributed by atoms with Crippen LogP contribution in [-0.4, -0.2) is 30.4 Å². The number of nitrogens with two attached hydrogens (primary N) is 1. The molecule has 0 aromatic heterocycles. The summed E-state index contributed by atoms with van der Waals surface area (Å²) in [6, 6.07) is 10.5. The third-order valence-electron chi connectivity index (χ3n) is 2.93. The van der Waals surface area contributed by atoms with Gasteiger partial charge in [-0.3, -0.25) is 5.41 Å². The largest absolute Gasteiger partial charge is 0.387 e. The molecular weight excluding hydrogens is 198 g/mol. The molecule has 3 N–H and O–H groups in total. The Kier molecular flexibility index (Phi) is 4.50. The summed E-state index contributed by atoms with van der Waals surface area (Å²) in [7, 11) is 2.06. The van der Waals surface area contributed by atoms with Gasteiger partial charge in [-0.2, -0.15) is 0 Å². The van der Waals surface area contributed by atoms with Gasteiger partial charge >= 0.3 is 0 Å². The van der Waals surface area contributed by atoms with Crippen molar-refractivity contribution in [3.8, 4) is 0 Å². The Morgan fingerprint density at radius 2 is 1.88 bits per heavy atom. The van der Waals surface area contributed by atoms with Crippen molar-refractivity contribution in [2.24, 2.45) is 5.73 Å². The second-order valence-electron chi connectivity index (χ2n) is 4.45. The van der Waals surface area contributed by atoms with E-state index in [2.05, 4.69) is 25.8 Å². The van der Waals surface area contributed by atoms with Crippen LogP contribution in [0.3, 0.4) is 0 Å². The number of benzene rings is 1. The summed E-state index contributed by atoms with van der Waals surface area (Å²) in [5.74, 6) is 0.229. The van der Waals surface area contributed by atoms with Crippen LogP contribution in [0.5, 0.6) is 0 Å². The van der Waals surface area contributed by atoms with E-state index in [0.29, 0.717) is 6.04 Å². The summed E-state index contributed by atoms with van der Waals surface area (Å²) in [6.45, 7) is 5.07. The van der Waals surface area contributed by atoms with E-state index in [0.717, 1.165) is 12.1 Å². The Morgan fingerprint density at radius 1 is 1.31 bits per heavy atom. The Balaban J connectivity index is 2.81. The van der Waals surface area contributed by atoms with Gasteiger partial charge in [0, 0.05) is 12.6 Å². The SMILES string of the molecule is CC(C)N(C)CC(C(=N)N)c1ccccc1. The predicted molar refractivity (Wildman–Crippen MR) is 68.9 cm³/mol. The molecule has 0 spiro atoms. The van der Waals surface area contributed by atoms with E-state index in [1.54, 1.807) is 0 Å². The second kappa shape index (κ2) is 5.66. The number of nitrogens with one attached hydrogen (secondary N) is 1. The molecule has 1 aromatic carbocycles. The van der Waals surface area contributed by atoms with Crippen LogP contribution in [0.4, 0.5) is 0 Å². The Hall–Kier alpha value is -1.35. The highest BCUT2D eigenvalue weighted by Gasteiger charge is 2.17. The molecule has 0 amide bonds. The number of hydrogen-bond acceptors (Lipinski definition) is 2. The predicted octanol–water partition coefficient (Wildman–Crippen LogP) is 2.05. The van der Waals surface area contributed by atoms with Crippen LogP contribution in [-0.2, 0) is 0 Å². The van der Waals surface area contributed by atoms with Crippen LogP contribution in [0.2, 0.25) is 0 Å². The van der Waals surface area contributed by atoms with E-state index >= 15 is 0 Å². The topological polar surface area (TPSA) is 53.1 Å². The third kappa shape index (κ3) is 3.35. The molecule has 0 heterocycles. The number of amidine groups is 1. The molecule has 1 atom stereocenters. The molecule has 0 radical (unpaired) electrons. The van der Waals surface area contributed by atoms with Crippen LogP contribution >= 0.6 is 0 Å². The van der Waals surface area contributed by atoms with Crippen molar-refractivity contribution >= 4 is 5.84 Å². The van der Waals surface area contributed by atoms with Crippen LogP contribution < -0.4 is 5.73 Å². The maximum atomic E-state index is 7.67. The van der Waals surface area contributed by atoms with E-state index in [-0.39, 0.29) is 11.8 Å². The summed E-state index contributed by atoms with van der Waals surface area (Å²) in [5, 5.41) is 7.67. The lowest BCUT2D eigenvalue weighted by Gasteiger charge is -2.26.